The Morgan fingerprint density at radius 2 is 2.10 bits per heavy atom. The van der Waals surface area contributed by atoms with Gasteiger partial charge in [-0.3, -0.25) is 0 Å². The van der Waals surface area contributed by atoms with Gasteiger partial charge in [-0.05, 0) is 46.7 Å². The van der Waals surface area contributed by atoms with Gasteiger partial charge in [0.1, 0.15) is 9.77 Å². The van der Waals surface area contributed by atoms with Gasteiger partial charge < -0.3 is 5.11 Å². The van der Waals surface area contributed by atoms with E-state index in [1.807, 2.05) is 6.92 Å². The summed E-state index contributed by atoms with van der Waals surface area (Å²) in [6.45, 7) is 4.15. The third-order valence-electron chi connectivity index (χ3n) is 3.93. The Hall–Kier alpha value is -0.440. The summed E-state index contributed by atoms with van der Waals surface area (Å²) < 4.78 is 27.8. The van der Waals surface area contributed by atoms with Gasteiger partial charge in [-0.1, -0.05) is 13.8 Å². The van der Waals surface area contributed by atoms with Crippen LogP contribution >= 0.6 is 27.3 Å². The van der Waals surface area contributed by atoms with E-state index in [0.29, 0.717) is 9.70 Å². The minimum Gasteiger partial charge on any atom is -0.477 e. The quantitative estimate of drug-likeness (QED) is 0.839. The maximum atomic E-state index is 12.4. The summed E-state index contributed by atoms with van der Waals surface area (Å²) in [6.07, 6.45) is 1.81. The summed E-state index contributed by atoms with van der Waals surface area (Å²) in [5.41, 5.74) is 0. The molecule has 1 fully saturated rings. The molecule has 1 heterocycles. The summed E-state index contributed by atoms with van der Waals surface area (Å²) in [4.78, 5) is 10.9. The molecule has 0 aromatic carbocycles. The first-order chi connectivity index (χ1) is 9.22. The van der Waals surface area contributed by atoms with Crippen molar-refractivity contribution in [3.8, 4) is 0 Å². The fourth-order valence-corrected chi connectivity index (χ4v) is 6.20. The lowest BCUT2D eigenvalue weighted by molar-refractivity contribution is 0.0702. The Morgan fingerprint density at radius 3 is 2.55 bits per heavy atom. The zero-order chi connectivity index (χ0) is 15.1. The minimum absolute atomic E-state index is 0.00471. The monoisotopic (exact) mass is 381 g/mol. The Labute approximate surface area is 130 Å². The standard InChI is InChI=1S/C12H16BrNO4S2/c1-6-3-4-8(7(6)2)14-20(17,18)10-5-9(12(15)16)19-11(10)13/h5-8,14H,3-4H2,1-2H3,(H,15,16). The highest BCUT2D eigenvalue weighted by molar-refractivity contribution is 9.11. The molecular formula is C12H16BrNO4S2. The maximum absolute atomic E-state index is 12.4. The molecule has 0 radical (unpaired) electrons. The molecule has 0 saturated heterocycles. The van der Waals surface area contributed by atoms with E-state index in [-0.39, 0.29) is 21.7 Å². The predicted octanol–water partition coefficient (Wildman–Crippen LogP) is 2.92. The molecule has 1 aromatic rings. The van der Waals surface area contributed by atoms with Gasteiger partial charge in [0.25, 0.3) is 0 Å². The first kappa shape index (κ1) is 15.9. The van der Waals surface area contributed by atoms with Crippen LogP contribution in [0.3, 0.4) is 0 Å². The molecule has 5 nitrogen and oxygen atoms in total. The number of aromatic carboxylic acids is 1. The molecule has 8 heteroatoms. The smallest absolute Gasteiger partial charge is 0.345 e. The summed E-state index contributed by atoms with van der Waals surface area (Å²) in [7, 11) is -3.69. The van der Waals surface area contributed by atoms with Gasteiger partial charge >= 0.3 is 5.97 Å². The second kappa shape index (κ2) is 5.75. The Balaban J connectivity index is 2.25. The van der Waals surface area contributed by atoms with E-state index in [1.165, 1.54) is 6.07 Å². The number of carboxylic acids is 1. The molecule has 2 N–H and O–H groups in total. The highest BCUT2D eigenvalue weighted by atomic mass is 79.9. The average molecular weight is 382 g/mol. The third kappa shape index (κ3) is 3.08. The van der Waals surface area contributed by atoms with Crippen LogP contribution in [0.1, 0.15) is 36.4 Å². The van der Waals surface area contributed by atoms with Crippen molar-refractivity contribution >= 4 is 43.3 Å². The van der Waals surface area contributed by atoms with E-state index < -0.39 is 16.0 Å². The number of nitrogens with one attached hydrogen (secondary N) is 1. The van der Waals surface area contributed by atoms with E-state index >= 15 is 0 Å². The minimum atomic E-state index is -3.69. The number of thiophene rings is 1. The van der Waals surface area contributed by atoms with Crippen molar-refractivity contribution in [3.05, 3.63) is 14.7 Å². The molecule has 1 aliphatic rings. The Bertz CT molecular complexity index is 625. The predicted molar refractivity (Wildman–Crippen MR) is 80.6 cm³/mol. The number of rotatable bonds is 4. The number of hydrogen-bond acceptors (Lipinski definition) is 4. The Kier molecular flexibility index (Phi) is 4.58. The molecule has 2 rings (SSSR count). The van der Waals surface area contributed by atoms with E-state index in [9.17, 15) is 13.2 Å². The van der Waals surface area contributed by atoms with Crippen molar-refractivity contribution in [2.24, 2.45) is 11.8 Å². The highest BCUT2D eigenvalue weighted by Gasteiger charge is 2.34. The van der Waals surface area contributed by atoms with Crippen molar-refractivity contribution in [1.29, 1.82) is 0 Å². The first-order valence-corrected chi connectivity index (χ1v) is 9.36. The molecule has 0 bridgehead atoms. The van der Waals surface area contributed by atoms with Gasteiger partial charge in [0, 0.05) is 6.04 Å². The molecule has 0 spiro atoms. The summed E-state index contributed by atoms with van der Waals surface area (Å²) >= 11 is 4.04. The molecule has 3 atom stereocenters. The van der Waals surface area contributed by atoms with Crippen LogP contribution in [-0.2, 0) is 10.0 Å². The average Bonchev–Trinajstić information content (AvgIpc) is 2.87. The van der Waals surface area contributed by atoms with Gasteiger partial charge in [0.05, 0.1) is 3.79 Å². The largest absolute Gasteiger partial charge is 0.477 e. The van der Waals surface area contributed by atoms with Gasteiger partial charge in [-0.2, -0.15) is 0 Å². The highest BCUT2D eigenvalue weighted by Crippen LogP contribution is 2.35. The molecule has 3 unspecified atom stereocenters. The van der Waals surface area contributed by atoms with Gasteiger partial charge in [-0.15, -0.1) is 11.3 Å². The molecule has 1 saturated carbocycles. The van der Waals surface area contributed by atoms with Crippen LogP contribution in [0.4, 0.5) is 0 Å². The fraction of sp³-hybridized carbons (Fsp3) is 0.583. The van der Waals surface area contributed by atoms with E-state index in [1.54, 1.807) is 0 Å². The zero-order valence-electron chi connectivity index (χ0n) is 11.1. The lowest BCUT2D eigenvalue weighted by atomic mass is 9.98. The zero-order valence-corrected chi connectivity index (χ0v) is 14.3. The maximum Gasteiger partial charge on any atom is 0.345 e. The van der Waals surface area contributed by atoms with Crippen LogP contribution in [0, 0.1) is 11.8 Å². The van der Waals surface area contributed by atoms with Crippen molar-refractivity contribution in [2.45, 2.75) is 37.6 Å². The van der Waals surface area contributed by atoms with E-state index in [0.717, 1.165) is 24.2 Å². The summed E-state index contributed by atoms with van der Waals surface area (Å²) in [5, 5.41) is 8.92. The molecule has 1 aliphatic carbocycles. The molecule has 0 amide bonds. The van der Waals surface area contributed by atoms with Crippen LogP contribution in [0.2, 0.25) is 0 Å². The third-order valence-corrected chi connectivity index (χ3v) is 7.66. The van der Waals surface area contributed by atoms with E-state index in [2.05, 4.69) is 27.6 Å². The number of carboxylic acid groups (broad SMARTS) is 1. The van der Waals surface area contributed by atoms with Gasteiger partial charge in [-0.25, -0.2) is 17.9 Å². The Morgan fingerprint density at radius 1 is 1.45 bits per heavy atom. The summed E-state index contributed by atoms with van der Waals surface area (Å²) in [5.74, 6) is -0.357. The number of carbonyl (C=O) groups is 1. The lowest BCUT2D eigenvalue weighted by Crippen LogP contribution is -2.37. The number of sulfonamides is 1. The fourth-order valence-electron chi connectivity index (χ4n) is 2.43. The number of halogens is 1. The van der Waals surface area contributed by atoms with Crippen LogP contribution in [0.15, 0.2) is 14.7 Å². The van der Waals surface area contributed by atoms with Crippen molar-refractivity contribution < 1.29 is 18.3 Å². The van der Waals surface area contributed by atoms with Crippen molar-refractivity contribution in [2.75, 3.05) is 0 Å². The second-order valence-electron chi connectivity index (χ2n) is 5.20. The van der Waals surface area contributed by atoms with Crippen LogP contribution in [0.5, 0.6) is 0 Å². The lowest BCUT2D eigenvalue weighted by Gasteiger charge is -2.19. The van der Waals surface area contributed by atoms with Crippen molar-refractivity contribution in [1.82, 2.24) is 4.72 Å². The first-order valence-electron chi connectivity index (χ1n) is 6.27. The number of hydrogen-bond donors (Lipinski definition) is 2. The second-order valence-corrected chi connectivity index (χ2v) is 9.25. The molecule has 112 valence electrons. The molecule has 0 aliphatic heterocycles. The van der Waals surface area contributed by atoms with Gasteiger partial charge in [0.15, 0.2) is 0 Å². The van der Waals surface area contributed by atoms with Crippen LogP contribution in [0.25, 0.3) is 0 Å². The molecular weight excluding hydrogens is 366 g/mol. The van der Waals surface area contributed by atoms with Crippen LogP contribution in [-0.4, -0.2) is 25.5 Å². The molecule has 1 aromatic heterocycles. The van der Waals surface area contributed by atoms with Crippen molar-refractivity contribution in [3.63, 3.8) is 0 Å². The van der Waals surface area contributed by atoms with Gasteiger partial charge in [0.2, 0.25) is 10.0 Å². The molecule has 20 heavy (non-hydrogen) atoms. The normalized spacial score (nSPS) is 26.9. The van der Waals surface area contributed by atoms with E-state index in [4.69, 9.17) is 5.11 Å². The van der Waals surface area contributed by atoms with Crippen LogP contribution < -0.4 is 4.72 Å². The summed E-state index contributed by atoms with van der Waals surface area (Å²) in [6, 6.07) is 1.11. The SMILES string of the molecule is CC1CCC(NS(=O)(=O)c2cc(C(=O)O)sc2Br)C1C. The topological polar surface area (TPSA) is 83.5 Å².